The van der Waals surface area contributed by atoms with Gasteiger partial charge in [0, 0.05) is 6.54 Å². The maximum atomic E-state index is 13.3. The zero-order valence-corrected chi connectivity index (χ0v) is 11.2. The zero-order chi connectivity index (χ0) is 13.9. The van der Waals surface area contributed by atoms with Crippen LogP contribution in [0.25, 0.3) is 0 Å². The lowest BCUT2D eigenvalue weighted by atomic mass is 9.90. The van der Waals surface area contributed by atoms with E-state index in [0.717, 1.165) is 12.5 Å². The molecule has 0 aromatic heterocycles. The van der Waals surface area contributed by atoms with Crippen molar-refractivity contribution in [1.82, 2.24) is 0 Å². The van der Waals surface area contributed by atoms with Crippen molar-refractivity contribution in [2.45, 2.75) is 34.1 Å². The number of rotatable bonds is 5. The molecule has 100 valence electrons. The molecule has 0 saturated heterocycles. The Labute approximate surface area is 106 Å². The molecule has 5 heteroatoms. The van der Waals surface area contributed by atoms with Crippen molar-refractivity contribution in [3.8, 4) is 0 Å². The molecule has 0 bridgehead atoms. The molecule has 1 N–H and O–H groups in total. The number of nitro groups is 1. The van der Waals surface area contributed by atoms with Crippen LogP contribution < -0.4 is 5.32 Å². The molecular weight excluding hydrogens is 235 g/mol. The van der Waals surface area contributed by atoms with Crippen LogP contribution in [0.3, 0.4) is 0 Å². The van der Waals surface area contributed by atoms with Gasteiger partial charge in [0.15, 0.2) is 0 Å². The van der Waals surface area contributed by atoms with E-state index >= 15 is 0 Å². The Bertz CT molecular complexity index is 459. The van der Waals surface area contributed by atoms with Gasteiger partial charge in [0.1, 0.15) is 11.5 Å². The summed E-state index contributed by atoms with van der Waals surface area (Å²) < 4.78 is 13.3. The predicted molar refractivity (Wildman–Crippen MR) is 70.4 cm³/mol. The monoisotopic (exact) mass is 254 g/mol. The Morgan fingerprint density at radius 3 is 2.56 bits per heavy atom. The number of halogens is 1. The minimum atomic E-state index is -0.566. The van der Waals surface area contributed by atoms with Crippen LogP contribution in [0.2, 0.25) is 0 Å². The fourth-order valence-electron chi connectivity index (χ4n) is 1.42. The smallest absolute Gasteiger partial charge is 0.295 e. The summed E-state index contributed by atoms with van der Waals surface area (Å²) in [6, 6.07) is 2.45. The summed E-state index contributed by atoms with van der Waals surface area (Å²) in [6.07, 6.45) is 0.952. The van der Waals surface area contributed by atoms with Gasteiger partial charge in [0.2, 0.25) is 0 Å². The summed E-state index contributed by atoms with van der Waals surface area (Å²) >= 11 is 0. The molecule has 1 aromatic rings. The Balaban J connectivity index is 3.01. The van der Waals surface area contributed by atoms with Gasteiger partial charge < -0.3 is 5.32 Å². The minimum absolute atomic E-state index is 0.0379. The van der Waals surface area contributed by atoms with E-state index in [1.807, 2.05) is 0 Å². The van der Waals surface area contributed by atoms with Crippen LogP contribution in [0.15, 0.2) is 12.1 Å². The molecule has 0 aliphatic carbocycles. The van der Waals surface area contributed by atoms with Gasteiger partial charge in [-0.05, 0) is 30.4 Å². The Hall–Kier alpha value is -1.65. The first-order chi connectivity index (χ1) is 8.26. The van der Waals surface area contributed by atoms with Gasteiger partial charge in [-0.2, -0.15) is 0 Å². The molecule has 0 amide bonds. The average Bonchev–Trinajstić information content (AvgIpc) is 2.30. The van der Waals surface area contributed by atoms with Crippen molar-refractivity contribution in [3.05, 3.63) is 33.6 Å². The third-order valence-corrected chi connectivity index (χ3v) is 3.19. The van der Waals surface area contributed by atoms with Crippen LogP contribution in [-0.2, 0) is 0 Å². The van der Waals surface area contributed by atoms with Crippen molar-refractivity contribution in [3.63, 3.8) is 0 Å². The number of nitrogens with one attached hydrogen (secondary N) is 1. The number of hydrogen-bond acceptors (Lipinski definition) is 3. The summed E-state index contributed by atoms with van der Waals surface area (Å²) in [5.74, 6) is -0.554. The van der Waals surface area contributed by atoms with Crippen LogP contribution in [0.1, 0.15) is 32.8 Å². The van der Waals surface area contributed by atoms with E-state index < -0.39 is 10.7 Å². The van der Waals surface area contributed by atoms with Crippen LogP contribution in [-0.4, -0.2) is 11.5 Å². The largest absolute Gasteiger partial charge is 0.379 e. The maximum absolute atomic E-state index is 13.3. The van der Waals surface area contributed by atoms with E-state index in [-0.39, 0.29) is 11.1 Å². The molecule has 0 unspecified atom stereocenters. The van der Waals surface area contributed by atoms with Crippen molar-refractivity contribution in [1.29, 1.82) is 0 Å². The molecule has 1 rings (SSSR count). The first-order valence-electron chi connectivity index (χ1n) is 5.95. The molecule has 0 saturated carbocycles. The second-order valence-electron chi connectivity index (χ2n) is 5.25. The molecule has 0 heterocycles. The van der Waals surface area contributed by atoms with E-state index in [1.165, 1.54) is 6.07 Å². The van der Waals surface area contributed by atoms with Gasteiger partial charge in [0.25, 0.3) is 5.69 Å². The summed E-state index contributed by atoms with van der Waals surface area (Å²) in [6.45, 7) is 8.40. The lowest BCUT2D eigenvalue weighted by molar-refractivity contribution is -0.384. The van der Waals surface area contributed by atoms with E-state index in [1.54, 1.807) is 6.92 Å². The van der Waals surface area contributed by atoms with E-state index in [0.29, 0.717) is 17.8 Å². The van der Waals surface area contributed by atoms with Crippen molar-refractivity contribution >= 4 is 11.4 Å². The quantitative estimate of drug-likeness (QED) is 0.640. The summed E-state index contributed by atoms with van der Waals surface area (Å²) in [4.78, 5) is 10.3. The third-order valence-electron chi connectivity index (χ3n) is 3.19. The third kappa shape index (κ3) is 3.42. The minimum Gasteiger partial charge on any atom is -0.379 e. The van der Waals surface area contributed by atoms with Crippen molar-refractivity contribution in [2.24, 2.45) is 5.41 Å². The van der Waals surface area contributed by atoms with Crippen LogP contribution in [0.4, 0.5) is 15.8 Å². The van der Waals surface area contributed by atoms with Gasteiger partial charge >= 0.3 is 0 Å². The van der Waals surface area contributed by atoms with Gasteiger partial charge in [0.05, 0.1) is 11.0 Å². The topological polar surface area (TPSA) is 55.2 Å². The Morgan fingerprint density at radius 2 is 2.06 bits per heavy atom. The molecule has 0 fully saturated rings. The van der Waals surface area contributed by atoms with Gasteiger partial charge in [-0.1, -0.05) is 20.8 Å². The van der Waals surface area contributed by atoms with Crippen molar-refractivity contribution < 1.29 is 9.31 Å². The first-order valence-corrected chi connectivity index (χ1v) is 5.95. The first kappa shape index (κ1) is 14.4. The molecule has 1 aromatic carbocycles. The molecule has 0 spiro atoms. The molecule has 0 aliphatic heterocycles. The molecule has 0 aliphatic rings. The predicted octanol–water partition coefficient (Wildman–Crippen LogP) is 3.89. The lowest BCUT2D eigenvalue weighted by Gasteiger charge is -2.23. The highest BCUT2D eigenvalue weighted by molar-refractivity contribution is 5.63. The van der Waals surface area contributed by atoms with Crippen molar-refractivity contribution in [2.75, 3.05) is 11.9 Å². The highest BCUT2D eigenvalue weighted by Crippen LogP contribution is 2.29. The standard InChI is InChI=1S/C13H19FN2O2/c1-5-13(3,4)8-15-11-6-9(2)10(14)7-12(11)16(17)18/h6-7,15H,5,8H2,1-4H3. The molecular formula is C13H19FN2O2. The summed E-state index contributed by atoms with van der Waals surface area (Å²) in [7, 11) is 0. The number of hydrogen-bond donors (Lipinski definition) is 1. The number of benzene rings is 1. The number of nitro benzene ring substituents is 1. The summed E-state index contributed by atoms with van der Waals surface area (Å²) in [5, 5.41) is 13.9. The van der Waals surface area contributed by atoms with E-state index in [2.05, 4.69) is 26.1 Å². The van der Waals surface area contributed by atoms with Gasteiger partial charge in [-0.25, -0.2) is 4.39 Å². The Kier molecular flexibility index (Phi) is 4.27. The van der Waals surface area contributed by atoms with Gasteiger partial charge in [-0.15, -0.1) is 0 Å². The van der Waals surface area contributed by atoms with Gasteiger partial charge in [-0.3, -0.25) is 10.1 Å². The highest BCUT2D eigenvalue weighted by atomic mass is 19.1. The Morgan fingerprint density at radius 1 is 1.44 bits per heavy atom. The maximum Gasteiger partial charge on any atom is 0.295 e. The molecule has 4 nitrogen and oxygen atoms in total. The number of anilines is 1. The van der Waals surface area contributed by atoms with Crippen LogP contribution >= 0.6 is 0 Å². The fourth-order valence-corrected chi connectivity index (χ4v) is 1.42. The highest BCUT2D eigenvalue weighted by Gasteiger charge is 2.20. The fraction of sp³-hybridized carbons (Fsp3) is 0.538. The lowest BCUT2D eigenvalue weighted by Crippen LogP contribution is -2.22. The second-order valence-corrected chi connectivity index (χ2v) is 5.25. The van der Waals surface area contributed by atoms with Crippen LogP contribution in [0, 0.1) is 28.3 Å². The van der Waals surface area contributed by atoms with E-state index in [4.69, 9.17) is 0 Å². The summed E-state index contributed by atoms with van der Waals surface area (Å²) in [5.41, 5.74) is 0.596. The molecule has 18 heavy (non-hydrogen) atoms. The molecule has 0 atom stereocenters. The number of aryl methyl sites for hydroxylation is 1. The SMILES string of the molecule is CCC(C)(C)CNc1cc(C)c(F)cc1[N+](=O)[O-]. The average molecular weight is 254 g/mol. The molecule has 0 radical (unpaired) electrons. The van der Waals surface area contributed by atoms with Crippen LogP contribution in [0.5, 0.6) is 0 Å². The normalized spacial score (nSPS) is 11.4. The zero-order valence-electron chi connectivity index (χ0n) is 11.2. The number of nitrogens with zero attached hydrogens (tertiary/aromatic N) is 1. The van der Waals surface area contributed by atoms with E-state index in [9.17, 15) is 14.5 Å². The second kappa shape index (κ2) is 5.33.